The Morgan fingerprint density at radius 2 is 1.71 bits per heavy atom. The van der Waals surface area contributed by atoms with E-state index < -0.39 is 12.8 Å². The number of hydrogen-bond donors (Lipinski definition) is 1. The van der Waals surface area contributed by atoms with Crippen LogP contribution in [0.15, 0.2) is 0 Å². The summed E-state index contributed by atoms with van der Waals surface area (Å²) in [6.45, 7) is 0. The smallest absolute Gasteiger partial charge is 0.261 e. The van der Waals surface area contributed by atoms with Crippen LogP contribution in [0.5, 0.6) is 0 Å². The van der Waals surface area contributed by atoms with Crippen LogP contribution in [0.25, 0.3) is 0 Å². The largest absolute Gasteiger partial charge is 0.295 e. The van der Waals surface area contributed by atoms with Gasteiger partial charge in [-0.1, -0.05) is 0 Å². The van der Waals surface area contributed by atoms with Crippen LogP contribution in [0.3, 0.4) is 0 Å². The minimum Gasteiger partial charge on any atom is -0.261 e. The Bertz CT molecular complexity index is 50.2. The van der Waals surface area contributed by atoms with Gasteiger partial charge in [0.25, 0.3) is 12.8 Å². The molecule has 44 valence electrons. The van der Waals surface area contributed by atoms with E-state index in [-0.39, 0.29) is 0 Å². The van der Waals surface area contributed by atoms with E-state index >= 15 is 0 Å². The molecule has 0 heterocycles. The number of hydrogen-bond acceptors (Lipinski definition) is 2. The number of alkyl halides is 3. The lowest BCUT2D eigenvalue weighted by atomic mass is 10.7. The molecule has 1 unspecified atom stereocenters. The molecule has 0 saturated carbocycles. The fraction of sp³-hybridized carbons (Fsp3) is 1.00. The van der Waals surface area contributed by atoms with E-state index in [1.54, 1.807) is 0 Å². The van der Waals surface area contributed by atoms with Crippen LogP contribution >= 0.6 is 0 Å². The molecule has 0 aliphatic heterocycles. The van der Waals surface area contributed by atoms with Crippen molar-refractivity contribution in [3.8, 4) is 0 Å². The maximum Gasteiger partial charge on any atom is 0.295 e. The van der Waals surface area contributed by atoms with E-state index in [4.69, 9.17) is 0 Å². The molecule has 0 amide bonds. The Morgan fingerprint density at radius 3 is 1.71 bits per heavy atom. The van der Waals surface area contributed by atoms with Crippen molar-refractivity contribution >= 4 is 0 Å². The van der Waals surface area contributed by atoms with Gasteiger partial charge in [0.1, 0.15) is 0 Å². The second-order valence-electron chi connectivity index (χ2n) is 0.822. The van der Waals surface area contributed by atoms with Crippen molar-refractivity contribution < 1.29 is 18.0 Å². The zero-order chi connectivity index (χ0) is 5.86. The molecule has 0 spiro atoms. The van der Waals surface area contributed by atoms with Gasteiger partial charge in [0.2, 0.25) is 0 Å². The molecule has 7 heavy (non-hydrogen) atoms. The molecule has 0 fully saturated rings. The fourth-order valence-corrected chi connectivity index (χ4v) is 0.0594. The molecule has 0 aromatic heterocycles. The summed E-state index contributed by atoms with van der Waals surface area (Å²) in [5, 5.41) is 0. The van der Waals surface area contributed by atoms with Gasteiger partial charge in [-0.3, -0.25) is 4.84 Å². The maximum absolute atomic E-state index is 11.2. The molecule has 0 saturated heterocycles. The lowest BCUT2D eigenvalue weighted by molar-refractivity contribution is -0.130. The third-order valence-electron chi connectivity index (χ3n) is 0.328. The average molecular weight is 115 g/mol. The normalized spacial score (nSPS) is 15.0. The molecular weight excluding hydrogens is 111 g/mol. The molecule has 0 aliphatic carbocycles. The minimum absolute atomic E-state index is 2.65. The first-order chi connectivity index (χ1) is 3.18. The van der Waals surface area contributed by atoms with Crippen molar-refractivity contribution in [2.45, 2.75) is 12.8 Å². The summed E-state index contributed by atoms with van der Waals surface area (Å²) in [6.07, 6.45) is -5.80. The summed E-state index contributed by atoms with van der Waals surface area (Å²) in [6, 6.07) is 0. The molecule has 0 rings (SSSR count). The minimum atomic E-state index is -3.15. The highest BCUT2D eigenvalue weighted by Gasteiger charge is 2.17. The molecule has 2 N–H and O–H groups in total. The first-order valence-electron chi connectivity index (χ1n) is 1.46. The van der Waals surface area contributed by atoms with Gasteiger partial charge in [0, 0.05) is 0 Å². The van der Waals surface area contributed by atoms with Crippen molar-refractivity contribution in [3.05, 3.63) is 0 Å². The SMILES string of the molecule is NOC(F)C(F)F. The number of rotatable bonds is 2. The Balaban J connectivity index is 3.14. The molecule has 5 heteroatoms. The first kappa shape index (κ1) is 6.71. The van der Waals surface area contributed by atoms with Gasteiger partial charge in [-0.25, -0.2) is 19.1 Å². The highest BCUT2D eigenvalue weighted by atomic mass is 19.3. The van der Waals surface area contributed by atoms with E-state index in [1.807, 2.05) is 0 Å². The van der Waals surface area contributed by atoms with Gasteiger partial charge >= 0.3 is 0 Å². The Labute approximate surface area is 38.0 Å². The predicted molar refractivity (Wildman–Crippen MR) is 16.2 cm³/mol. The lowest BCUT2D eigenvalue weighted by Gasteiger charge is -1.99. The third-order valence-corrected chi connectivity index (χ3v) is 0.328. The quantitative estimate of drug-likeness (QED) is 0.530. The second kappa shape index (κ2) is 2.81. The summed E-state index contributed by atoms with van der Waals surface area (Å²) in [7, 11) is 0. The topological polar surface area (TPSA) is 35.2 Å². The molecule has 2 nitrogen and oxygen atoms in total. The van der Waals surface area contributed by atoms with E-state index in [1.165, 1.54) is 0 Å². The summed E-state index contributed by atoms with van der Waals surface area (Å²) >= 11 is 0. The first-order valence-corrected chi connectivity index (χ1v) is 1.46. The van der Waals surface area contributed by atoms with Gasteiger partial charge in [-0.05, 0) is 0 Å². The number of halogens is 3. The van der Waals surface area contributed by atoms with Crippen LogP contribution in [0.4, 0.5) is 13.2 Å². The number of nitrogens with two attached hydrogens (primary N) is 1. The Hall–Kier alpha value is -0.290. The van der Waals surface area contributed by atoms with Crippen LogP contribution < -0.4 is 5.90 Å². The molecular formula is C2H4F3NO. The predicted octanol–water partition coefficient (Wildman–Crippen LogP) is 0.437. The second-order valence-corrected chi connectivity index (χ2v) is 0.822. The Morgan fingerprint density at radius 1 is 1.29 bits per heavy atom. The van der Waals surface area contributed by atoms with Crippen molar-refractivity contribution in [1.82, 2.24) is 0 Å². The average Bonchev–Trinajstić information content (AvgIpc) is 1.65. The van der Waals surface area contributed by atoms with E-state index in [0.29, 0.717) is 0 Å². The van der Waals surface area contributed by atoms with Gasteiger partial charge in [-0.2, -0.15) is 0 Å². The monoisotopic (exact) mass is 115 g/mol. The molecule has 0 aromatic carbocycles. The lowest BCUT2D eigenvalue weighted by Crippen LogP contribution is -2.19. The molecule has 0 aliphatic rings. The summed E-state index contributed by atoms with van der Waals surface area (Å²) in [5.74, 6) is 4.02. The summed E-state index contributed by atoms with van der Waals surface area (Å²) in [4.78, 5) is 3.09. The van der Waals surface area contributed by atoms with Crippen molar-refractivity contribution in [2.75, 3.05) is 0 Å². The fourth-order valence-electron chi connectivity index (χ4n) is 0.0594. The van der Waals surface area contributed by atoms with Crippen LogP contribution in [-0.2, 0) is 4.84 Å². The van der Waals surface area contributed by atoms with Crippen molar-refractivity contribution in [1.29, 1.82) is 0 Å². The zero-order valence-electron chi connectivity index (χ0n) is 3.27. The highest BCUT2D eigenvalue weighted by molar-refractivity contribution is 4.37. The van der Waals surface area contributed by atoms with Gasteiger partial charge < -0.3 is 0 Å². The molecule has 1 atom stereocenters. The maximum atomic E-state index is 11.2. The standard InChI is InChI=1S/C2H4F3NO/c3-1(4)2(5)7-6/h1-2H,6H2. The van der Waals surface area contributed by atoms with Crippen molar-refractivity contribution in [2.24, 2.45) is 5.90 Å². The van der Waals surface area contributed by atoms with Crippen molar-refractivity contribution in [3.63, 3.8) is 0 Å². The third kappa shape index (κ3) is 2.41. The molecule has 0 aromatic rings. The van der Waals surface area contributed by atoms with E-state index in [9.17, 15) is 13.2 Å². The van der Waals surface area contributed by atoms with Crippen LogP contribution in [-0.4, -0.2) is 12.8 Å². The highest BCUT2D eigenvalue weighted by Crippen LogP contribution is 2.02. The van der Waals surface area contributed by atoms with Crippen LogP contribution in [0, 0.1) is 0 Å². The van der Waals surface area contributed by atoms with Gasteiger partial charge in [-0.15, -0.1) is 0 Å². The summed E-state index contributed by atoms with van der Waals surface area (Å²) in [5.41, 5.74) is 0. The molecule has 0 radical (unpaired) electrons. The van der Waals surface area contributed by atoms with E-state index in [2.05, 4.69) is 10.7 Å². The van der Waals surface area contributed by atoms with Crippen LogP contribution in [0.1, 0.15) is 0 Å². The van der Waals surface area contributed by atoms with Gasteiger partial charge in [0.05, 0.1) is 0 Å². The van der Waals surface area contributed by atoms with Crippen LogP contribution in [0.2, 0.25) is 0 Å². The summed E-state index contributed by atoms with van der Waals surface area (Å²) < 4.78 is 32.9. The Kier molecular flexibility index (Phi) is 2.70. The van der Waals surface area contributed by atoms with E-state index in [0.717, 1.165) is 0 Å². The zero-order valence-corrected chi connectivity index (χ0v) is 3.27. The molecule has 0 bridgehead atoms. The van der Waals surface area contributed by atoms with Gasteiger partial charge in [0.15, 0.2) is 0 Å².